The number of aryl methyl sites for hydroxylation is 1. The maximum absolute atomic E-state index is 6.03. The molecule has 4 nitrogen and oxygen atoms in total. The number of hydrogen-bond donors (Lipinski definition) is 0. The average Bonchev–Trinajstić information content (AvgIpc) is 3.27. The van der Waals surface area contributed by atoms with Gasteiger partial charge >= 0.3 is 0 Å². The highest BCUT2D eigenvalue weighted by Crippen LogP contribution is 2.41. The second kappa shape index (κ2) is 18.6. The van der Waals surface area contributed by atoms with Crippen LogP contribution in [0.25, 0.3) is 33.4 Å². The summed E-state index contributed by atoms with van der Waals surface area (Å²) in [5.74, 6) is 1.75. The van der Waals surface area contributed by atoms with Gasteiger partial charge in [0.25, 0.3) is 0 Å². The minimum absolute atomic E-state index is 0.155. The van der Waals surface area contributed by atoms with E-state index in [0.717, 1.165) is 54.3 Å². The van der Waals surface area contributed by atoms with Crippen LogP contribution in [0.1, 0.15) is 101 Å². The quantitative estimate of drug-likeness (QED) is 0.0860. The summed E-state index contributed by atoms with van der Waals surface area (Å²) in [5, 5.41) is 0. The molecule has 0 spiro atoms. The van der Waals surface area contributed by atoms with E-state index in [9.17, 15) is 0 Å². The second-order valence-electron chi connectivity index (χ2n) is 18.1. The van der Waals surface area contributed by atoms with Gasteiger partial charge in [0.15, 0.2) is 0 Å². The summed E-state index contributed by atoms with van der Waals surface area (Å²) < 4.78 is 17.2. The molecule has 1 aliphatic rings. The summed E-state index contributed by atoms with van der Waals surface area (Å²) in [6, 6.07) is 49.5. The van der Waals surface area contributed by atoms with Crippen molar-refractivity contribution in [2.45, 2.75) is 85.5 Å². The highest BCUT2D eigenvalue weighted by molar-refractivity contribution is 5.75. The zero-order chi connectivity index (χ0) is 42.4. The van der Waals surface area contributed by atoms with Gasteiger partial charge in [0.1, 0.15) is 12.4 Å². The molecule has 0 aromatic heterocycles. The average molecular weight is 800 g/mol. The van der Waals surface area contributed by atoms with Crippen LogP contribution in [0.2, 0.25) is 0 Å². The normalized spacial score (nSPS) is 14.6. The Labute approximate surface area is 360 Å². The number of nitrogens with zero attached hydrogens (tertiary/aromatic N) is 1. The Hall–Kier alpha value is -5.16. The third-order valence-corrected chi connectivity index (χ3v) is 13.0. The van der Waals surface area contributed by atoms with Crippen LogP contribution < -0.4 is 9.64 Å². The van der Waals surface area contributed by atoms with E-state index in [4.69, 9.17) is 14.2 Å². The van der Waals surface area contributed by atoms with Gasteiger partial charge in [-0.1, -0.05) is 151 Å². The van der Waals surface area contributed by atoms with Crippen molar-refractivity contribution in [1.29, 1.82) is 0 Å². The van der Waals surface area contributed by atoms with Crippen molar-refractivity contribution in [3.8, 4) is 39.1 Å². The summed E-state index contributed by atoms with van der Waals surface area (Å²) in [7, 11) is 2.14. The van der Waals surface area contributed by atoms with Gasteiger partial charge in [-0.3, -0.25) is 0 Å². The van der Waals surface area contributed by atoms with Gasteiger partial charge in [-0.15, -0.1) is 0 Å². The maximum atomic E-state index is 6.03. The molecule has 1 fully saturated rings. The third kappa shape index (κ3) is 9.57. The van der Waals surface area contributed by atoms with Crippen molar-refractivity contribution >= 4 is 11.4 Å². The number of benzene rings is 6. The molecule has 0 N–H and O–H groups in total. The van der Waals surface area contributed by atoms with Crippen molar-refractivity contribution in [2.75, 3.05) is 45.0 Å². The van der Waals surface area contributed by atoms with E-state index < -0.39 is 0 Å². The molecule has 1 saturated heterocycles. The highest BCUT2D eigenvalue weighted by atomic mass is 16.5. The molecule has 60 heavy (non-hydrogen) atoms. The summed E-state index contributed by atoms with van der Waals surface area (Å²) in [6.07, 6.45) is 2.19. The Bertz CT molecular complexity index is 2340. The van der Waals surface area contributed by atoms with Crippen LogP contribution >= 0.6 is 0 Å². The van der Waals surface area contributed by atoms with E-state index in [0.29, 0.717) is 31.7 Å². The van der Waals surface area contributed by atoms with Crippen LogP contribution in [-0.4, -0.2) is 40.1 Å². The van der Waals surface area contributed by atoms with Crippen LogP contribution in [0.4, 0.5) is 11.4 Å². The van der Waals surface area contributed by atoms with Gasteiger partial charge in [-0.2, -0.15) is 0 Å². The molecular formula is C56H65NO3. The molecule has 312 valence electrons. The van der Waals surface area contributed by atoms with Gasteiger partial charge in [0, 0.05) is 29.3 Å². The molecule has 6 aromatic rings. The lowest BCUT2D eigenvalue weighted by atomic mass is 9.74. The summed E-state index contributed by atoms with van der Waals surface area (Å²) in [5.41, 5.74) is 16.6. The zero-order valence-corrected chi connectivity index (χ0v) is 37.5. The first-order valence-corrected chi connectivity index (χ1v) is 22.1. The summed E-state index contributed by atoms with van der Waals surface area (Å²) in [4.78, 5) is 2.25. The Balaban J connectivity index is 1.05. The van der Waals surface area contributed by atoms with Crippen molar-refractivity contribution < 1.29 is 14.2 Å². The lowest BCUT2D eigenvalue weighted by Crippen LogP contribution is -2.43. The van der Waals surface area contributed by atoms with E-state index in [1.807, 2.05) is 6.07 Å². The summed E-state index contributed by atoms with van der Waals surface area (Å²) in [6.45, 7) is 21.8. The monoisotopic (exact) mass is 799 g/mol. The number of rotatable bonds is 17. The molecule has 1 aliphatic heterocycles. The highest BCUT2D eigenvalue weighted by Gasteiger charge is 2.33. The van der Waals surface area contributed by atoms with Crippen LogP contribution in [0.15, 0.2) is 133 Å². The molecule has 0 radical (unpaired) electrons. The summed E-state index contributed by atoms with van der Waals surface area (Å²) >= 11 is 0. The largest absolute Gasteiger partial charge is 0.491 e. The lowest BCUT2D eigenvalue weighted by molar-refractivity contribution is -0.139. The van der Waals surface area contributed by atoms with E-state index >= 15 is 0 Å². The van der Waals surface area contributed by atoms with E-state index in [-0.39, 0.29) is 10.8 Å². The Morgan fingerprint density at radius 2 is 1.15 bits per heavy atom. The molecule has 1 heterocycles. The number of anilines is 2. The fourth-order valence-corrected chi connectivity index (χ4v) is 8.31. The van der Waals surface area contributed by atoms with Crippen LogP contribution in [0.3, 0.4) is 0 Å². The van der Waals surface area contributed by atoms with Gasteiger partial charge in [-0.25, -0.2) is 0 Å². The van der Waals surface area contributed by atoms with Crippen molar-refractivity contribution in [3.05, 3.63) is 161 Å². The molecular weight excluding hydrogens is 735 g/mol. The first-order valence-electron chi connectivity index (χ1n) is 22.1. The molecule has 2 unspecified atom stereocenters. The SMILES string of the molecule is CCC(C)c1cc(C(C)(C)c2ccc(-c3ccc(N(C)c4ccc(-c5cccc(OCCOCC6(C)COC6)c5)cc4)cc3)c(C(C)CC)c2)ccc1-c1ccc(C)cc1. The molecule has 4 heteroatoms. The minimum atomic E-state index is -0.160. The molecule has 0 aliphatic carbocycles. The van der Waals surface area contributed by atoms with E-state index in [2.05, 4.69) is 195 Å². The van der Waals surface area contributed by atoms with Gasteiger partial charge in [0.2, 0.25) is 0 Å². The van der Waals surface area contributed by atoms with Gasteiger partial charge in [-0.05, 0) is 124 Å². The topological polar surface area (TPSA) is 30.9 Å². The van der Waals surface area contributed by atoms with E-state index in [1.54, 1.807) is 0 Å². The molecule has 0 bridgehead atoms. The number of hydrogen-bond acceptors (Lipinski definition) is 4. The van der Waals surface area contributed by atoms with Crippen LogP contribution in [0, 0.1) is 12.3 Å². The predicted molar refractivity (Wildman–Crippen MR) is 253 cm³/mol. The first kappa shape index (κ1) is 42.9. The van der Waals surface area contributed by atoms with E-state index in [1.165, 1.54) is 50.1 Å². The fourth-order valence-electron chi connectivity index (χ4n) is 8.31. The molecule has 0 saturated carbocycles. The fraction of sp³-hybridized carbons (Fsp3) is 0.357. The van der Waals surface area contributed by atoms with Crippen molar-refractivity contribution in [2.24, 2.45) is 5.41 Å². The smallest absolute Gasteiger partial charge is 0.120 e. The van der Waals surface area contributed by atoms with Crippen LogP contribution in [-0.2, 0) is 14.9 Å². The molecule has 6 aromatic carbocycles. The Morgan fingerprint density at radius 3 is 1.65 bits per heavy atom. The minimum Gasteiger partial charge on any atom is -0.491 e. The zero-order valence-electron chi connectivity index (χ0n) is 37.5. The third-order valence-electron chi connectivity index (χ3n) is 13.0. The Kier molecular flexibility index (Phi) is 13.3. The Morgan fingerprint density at radius 1 is 0.633 bits per heavy atom. The first-order chi connectivity index (χ1) is 28.9. The molecule has 2 atom stereocenters. The molecule has 7 rings (SSSR count). The lowest BCUT2D eigenvalue weighted by Gasteiger charge is -2.37. The standard InChI is InChI=1S/C56H65NO3/c1-10-40(4)53-34-46(23-29-51(53)43-17-15-39(3)16-18-43)55(6,7)47-24-30-52(54(35-47)41(5)11-2)44-21-27-49(28-22-44)57(9)48-25-19-42(20-26-48)45-13-12-14-50(33-45)60-32-31-58-36-56(8)37-59-38-56/h12-30,33-35,40-41H,10-11,31-32,36-38H2,1-9H3. The maximum Gasteiger partial charge on any atom is 0.120 e. The number of ether oxygens (including phenoxy) is 3. The van der Waals surface area contributed by atoms with Gasteiger partial charge in [0.05, 0.1) is 26.4 Å². The van der Waals surface area contributed by atoms with Crippen molar-refractivity contribution in [1.82, 2.24) is 0 Å². The van der Waals surface area contributed by atoms with Gasteiger partial charge < -0.3 is 19.1 Å². The molecule has 0 amide bonds. The second-order valence-corrected chi connectivity index (χ2v) is 18.1. The van der Waals surface area contributed by atoms with Crippen molar-refractivity contribution in [3.63, 3.8) is 0 Å². The van der Waals surface area contributed by atoms with Crippen LogP contribution in [0.5, 0.6) is 5.75 Å². The predicted octanol–water partition coefficient (Wildman–Crippen LogP) is 14.5.